The van der Waals surface area contributed by atoms with Crippen LogP contribution < -0.4 is 4.90 Å². The lowest BCUT2D eigenvalue weighted by Crippen LogP contribution is -2.14. The second kappa shape index (κ2) is 13.5. The molecule has 11 rings (SSSR count). The Bertz CT molecular complexity index is 3170. The molecule has 0 N–H and O–H groups in total. The van der Waals surface area contributed by atoms with Gasteiger partial charge in [0.2, 0.25) is 0 Å². The van der Waals surface area contributed by atoms with E-state index in [4.69, 9.17) is 0 Å². The molecule has 0 aliphatic heterocycles. The summed E-state index contributed by atoms with van der Waals surface area (Å²) in [6.07, 6.45) is 0. The minimum atomic E-state index is -0.0633. The Morgan fingerprint density at radius 3 is 1.60 bits per heavy atom. The smallest absolute Gasteiger partial charge is 0.0468 e. The first-order valence-corrected chi connectivity index (χ1v) is 20.3. The summed E-state index contributed by atoms with van der Waals surface area (Å²) in [4.78, 5) is 2.41. The topological polar surface area (TPSA) is 3.24 Å². The molecule has 1 nitrogen and oxygen atoms in total. The lowest BCUT2D eigenvalue weighted by atomic mass is 9.82. The largest absolute Gasteiger partial charge is 0.310 e. The summed E-state index contributed by atoms with van der Waals surface area (Å²) in [5.41, 5.74) is 16.1. The minimum Gasteiger partial charge on any atom is -0.310 e. The van der Waals surface area contributed by atoms with Crippen LogP contribution in [0.25, 0.3) is 76.8 Å². The third-order valence-corrected chi connectivity index (χ3v) is 12.4. The SMILES string of the molecule is CC1(C)c2ccccc2-c2c1ccc1ccc(N(c3ccc(-c4ccc5ccccc5c4)cc3)c3ccc(-c4cccc5cccc(-c6ccccc6)c45)cc3)cc21. The van der Waals surface area contributed by atoms with Crippen molar-refractivity contribution in [3.63, 3.8) is 0 Å². The van der Waals surface area contributed by atoms with E-state index in [1.54, 1.807) is 0 Å². The van der Waals surface area contributed by atoms with Gasteiger partial charge in [0.15, 0.2) is 0 Å². The van der Waals surface area contributed by atoms with E-state index in [-0.39, 0.29) is 5.41 Å². The van der Waals surface area contributed by atoms with Crippen LogP contribution in [0, 0.1) is 0 Å². The molecule has 10 aromatic rings. The van der Waals surface area contributed by atoms with Crippen molar-refractivity contribution in [2.75, 3.05) is 4.90 Å². The molecule has 0 unspecified atom stereocenters. The Balaban J connectivity index is 1.06. The van der Waals surface area contributed by atoms with Crippen molar-refractivity contribution in [3.8, 4) is 44.5 Å². The summed E-state index contributed by atoms with van der Waals surface area (Å²) in [6, 6.07) is 78.1. The molecule has 0 saturated carbocycles. The maximum Gasteiger partial charge on any atom is 0.0468 e. The normalized spacial score (nSPS) is 12.8. The van der Waals surface area contributed by atoms with Gasteiger partial charge < -0.3 is 4.90 Å². The second-order valence-electron chi connectivity index (χ2n) is 16.1. The Hall–Kier alpha value is -7.22. The van der Waals surface area contributed by atoms with Gasteiger partial charge in [0, 0.05) is 22.5 Å². The van der Waals surface area contributed by atoms with Crippen molar-refractivity contribution in [2.24, 2.45) is 0 Å². The summed E-state index contributed by atoms with van der Waals surface area (Å²) in [5.74, 6) is 0. The molecule has 0 aromatic heterocycles. The first-order chi connectivity index (χ1) is 28.5. The van der Waals surface area contributed by atoms with E-state index in [0.717, 1.165) is 17.1 Å². The Morgan fingerprint density at radius 1 is 0.328 bits per heavy atom. The van der Waals surface area contributed by atoms with Crippen LogP contribution in [0.1, 0.15) is 25.0 Å². The Morgan fingerprint density at radius 2 is 0.862 bits per heavy atom. The molecule has 274 valence electrons. The van der Waals surface area contributed by atoms with Gasteiger partial charge in [-0.2, -0.15) is 0 Å². The van der Waals surface area contributed by atoms with E-state index in [2.05, 4.69) is 231 Å². The Kier molecular flexibility index (Phi) is 7.91. The van der Waals surface area contributed by atoms with Crippen LogP contribution in [-0.2, 0) is 5.41 Å². The maximum absolute atomic E-state index is 2.41. The van der Waals surface area contributed by atoms with Crippen LogP contribution in [0.2, 0.25) is 0 Å². The number of hydrogen-bond acceptors (Lipinski definition) is 1. The van der Waals surface area contributed by atoms with Crippen molar-refractivity contribution < 1.29 is 0 Å². The zero-order valence-electron chi connectivity index (χ0n) is 32.7. The Labute approximate surface area is 340 Å². The van der Waals surface area contributed by atoms with Gasteiger partial charge in [-0.1, -0.05) is 184 Å². The summed E-state index contributed by atoms with van der Waals surface area (Å²) in [6.45, 7) is 4.72. The van der Waals surface area contributed by atoms with Crippen LogP contribution in [0.4, 0.5) is 17.1 Å². The van der Waals surface area contributed by atoms with Gasteiger partial charge in [0.05, 0.1) is 0 Å². The third-order valence-electron chi connectivity index (χ3n) is 12.4. The fourth-order valence-electron chi connectivity index (χ4n) is 9.50. The van der Waals surface area contributed by atoms with Gasteiger partial charge in [-0.3, -0.25) is 0 Å². The lowest BCUT2D eigenvalue weighted by Gasteiger charge is -2.27. The molecule has 0 atom stereocenters. The fraction of sp³-hybridized carbons (Fsp3) is 0.0526. The van der Waals surface area contributed by atoms with Gasteiger partial charge in [0.1, 0.15) is 0 Å². The summed E-state index contributed by atoms with van der Waals surface area (Å²) in [5, 5.41) is 7.56. The van der Waals surface area contributed by atoms with Gasteiger partial charge in [-0.25, -0.2) is 0 Å². The van der Waals surface area contributed by atoms with Crippen molar-refractivity contribution in [2.45, 2.75) is 19.3 Å². The molecule has 1 heteroatoms. The number of hydrogen-bond donors (Lipinski definition) is 0. The van der Waals surface area contributed by atoms with E-state index in [1.807, 2.05) is 0 Å². The van der Waals surface area contributed by atoms with Crippen molar-refractivity contribution in [3.05, 3.63) is 223 Å². The van der Waals surface area contributed by atoms with Crippen molar-refractivity contribution in [1.82, 2.24) is 0 Å². The molecule has 0 radical (unpaired) electrons. The highest BCUT2D eigenvalue weighted by Crippen LogP contribution is 2.52. The van der Waals surface area contributed by atoms with Gasteiger partial charge in [0.25, 0.3) is 0 Å². The molecule has 0 spiro atoms. The predicted octanol–water partition coefficient (Wildman–Crippen LogP) is 15.9. The van der Waals surface area contributed by atoms with Crippen LogP contribution in [-0.4, -0.2) is 0 Å². The quantitative estimate of drug-likeness (QED) is 0.164. The van der Waals surface area contributed by atoms with E-state index in [9.17, 15) is 0 Å². The number of rotatable bonds is 6. The second-order valence-corrected chi connectivity index (χ2v) is 16.1. The monoisotopic (exact) mass is 739 g/mol. The number of nitrogens with zero attached hydrogens (tertiary/aromatic N) is 1. The molecule has 1 aliphatic rings. The van der Waals surface area contributed by atoms with Crippen LogP contribution in [0.3, 0.4) is 0 Å². The molecule has 0 saturated heterocycles. The van der Waals surface area contributed by atoms with E-state index in [1.165, 1.54) is 88.0 Å². The standard InChI is InChI=1S/C57H41N/c1-57(2)53-21-9-8-18-51(53)56-52-37-48(34-28-42(52)29-35-54(56)57)58(46-30-24-39(25-31-46)45-23-22-38-12-6-7-15-44(38)36-45)47-32-26-41(27-33-47)50-20-11-17-43-16-10-19-49(55(43)50)40-13-4-3-5-14-40/h3-37H,1-2H3. The van der Waals surface area contributed by atoms with E-state index < -0.39 is 0 Å². The third kappa shape index (κ3) is 5.54. The minimum absolute atomic E-state index is 0.0633. The van der Waals surface area contributed by atoms with E-state index >= 15 is 0 Å². The van der Waals surface area contributed by atoms with Crippen LogP contribution in [0.5, 0.6) is 0 Å². The molecule has 0 fully saturated rings. The van der Waals surface area contributed by atoms with Crippen molar-refractivity contribution >= 4 is 49.4 Å². The molecule has 0 heterocycles. The summed E-state index contributed by atoms with van der Waals surface area (Å²) >= 11 is 0. The first-order valence-electron chi connectivity index (χ1n) is 20.3. The van der Waals surface area contributed by atoms with Gasteiger partial charge in [-0.15, -0.1) is 0 Å². The van der Waals surface area contributed by atoms with Gasteiger partial charge in [-0.05, 0) is 130 Å². The summed E-state index contributed by atoms with van der Waals surface area (Å²) < 4.78 is 0. The highest BCUT2D eigenvalue weighted by molar-refractivity contribution is 6.07. The zero-order valence-corrected chi connectivity index (χ0v) is 32.7. The number of anilines is 3. The molecule has 1 aliphatic carbocycles. The molecular formula is C57H41N. The highest BCUT2D eigenvalue weighted by atomic mass is 15.1. The molecule has 58 heavy (non-hydrogen) atoms. The van der Waals surface area contributed by atoms with Crippen LogP contribution >= 0.6 is 0 Å². The molecular weight excluding hydrogens is 699 g/mol. The zero-order chi connectivity index (χ0) is 38.8. The molecule has 0 amide bonds. The average molecular weight is 740 g/mol. The maximum atomic E-state index is 2.41. The number of benzene rings is 10. The van der Waals surface area contributed by atoms with Gasteiger partial charge >= 0.3 is 0 Å². The first kappa shape index (κ1) is 34.1. The highest BCUT2D eigenvalue weighted by Gasteiger charge is 2.36. The van der Waals surface area contributed by atoms with Crippen molar-refractivity contribution in [1.29, 1.82) is 0 Å². The lowest BCUT2D eigenvalue weighted by molar-refractivity contribution is 0.661. The van der Waals surface area contributed by atoms with E-state index in [0.29, 0.717) is 0 Å². The fourth-order valence-corrected chi connectivity index (χ4v) is 9.50. The summed E-state index contributed by atoms with van der Waals surface area (Å²) in [7, 11) is 0. The molecule has 0 bridgehead atoms. The average Bonchev–Trinajstić information content (AvgIpc) is 3.52. The predicted molar refractivity (Wildman–Crippen MR) is 248 cm³/mol. The molecule has 10 aromatic carbocycles. The number of fused-ring (bicyclic) bond motifs is 7. The van der Waals surface area contributed by atoms with Crippen LogP contribution in [0.15, 0.2) is 212 Å².